The van der Waals surface area contributed by atoms with E-state index in [1.807, 2.05) is 42.5 Å². The second-order valence-electron chi connectivity index (χ2n) is 7.39. The van der Waals surface area contributed by atoms with Crippen molar-refractivity contribution in [1.29, 1.82) is 0 Å². The van der Waals surface area contributed by atoms with Gasteiger partial charge in [0.1, 0.15) is 11.5 Å². The lowest BCUT2D eigenvalue weighted by Crippen LogP contribution is -2.17. The average Bonchev–Trinajstić information content (AvgIpc) is 3.28. The van der Waals surface area contributed by atoms with E-state index in [4.69, 9.17) is 9.47 Å². The summed E-state index contributed by atoms with van der Waals surface area (Å²) >= 11 is 0. The van der Waals surface area contributed by atoms with Crippen molar-refractivity contribution in [1.82, 2.24) is 4.57 Å². The lowest BCUT2D eigenvalue weighted by molar-refractivity contribution is -0.136. The van der Waals surface area contributed by atoms with Gasteiger partial charge in [0.25, 0.3) is 0 Å². The van der Waals surface area contributed by atoms with E-state index < -0.39 is 5.97 Å². The summed E-state index contributed by atoms with van der Waals surface area (Å²) in [6, 6.07) is 35.6. The number of carbonyl (C=O) groups is 1. The van der Waals surface area contributed by atoms with Gasteiger partial charge in [-0.2, -0.15) is 0 Å². The van der Waals surface area contributed by atoms with Gasteiger partial charge in [-0.3, -0.25) is 0 Å². The molecule has 0 amide bonds. The summed E-state index contributed by atoms with van der Waals surface area (Å²) in [4.78, 5) is 11.9. The molecule has 0 fully saturated rings. The Bertz CT molecular complexity index is 1340. The maximum atomic E-state index is 11.9. The van der Waals surface area contributed by atoms with E-state index in [1.165, 1.54) is 10.9 Å². The minimum Gasteiger partial charge on any atom is -0.482 e. The van der Waals surface area contributed by atoms with Crippen molar-refractivity contribution in [2.24, 2.45) is 0 Å². The standard InChI is InChI=1S/C28H21NO3/c30-28(32-26-7-2-1-3-8-26)20-31-25-16-12-22(13-17-25)21-10-14-24(15-11-21)29-19-18-23-6-4-5-9-27(23)29/h1-19H,20H2. The maximum absolute atomic E-state index is 11.9. The van der Waals surface area contributed by atoms with Crippen molar-refractivity contribution in [3.8, 4) is 28.3 Å². The average molecular weight is 419 g/mol. The molecule has 0 unspecified atom stereocenters. The zero-order valence-electron chi connectivity index (χ0n) is 17.3. The highest BCUT2D eigenvalue weighted by Gasteiger charge is 2.07. The van der Waals surface area contributed by atoms with E-state index in [1.54, 1.807) is 12.1 Å². The van der Waals surface area contributed by atoms with Gasteiger partial charge in [0, 0.05) is 11.9 Å². The first-order valence-corrected chi connectivity index (χ1v) is 10.4. The topological polar surface area (TPSA) is 40.5 Å². The van der Waals surface area contributed by atoms with Crippen molar-refractivity contribution >= 4 is 16.9 Å². The van der Waals surface area contributed by atoms with Crippen LogP contribution in [-0.4, -0.2) is 17.1 Å². The normalized spacial score (nSPS) is 10.8. The number of fused-ring (bicyclic) bond motifs is 1. The van der Waals surface area contributed by atoms with Gasteiger partial charge in [-0.1, -0.05) is 60.7 Å². The Morgan fingerprint density at radius 1 is 0.656 bits per heavy atom. The summed E-state index contributed by atoms with van der Waals surface area (Å²) in [6.07, 6.45) is 2.09. The number of para-hydroxylation sites is 2. The van der Waals surface area contributed by atoms with E-state index in [2.05, 4.69) is 65.4 Å². The van der Waals surface area contributed by atoms with Crippen molar-refractivity contribution in [3.63, 3.8) is 0 Å². The predicted octanol–water partition coefficient (Wildman–Crippen LogP) is 6.28. The number of nitrogens with zero attached hydrogens (tertiary/aromatic N) is 1. The Morgan fingerprint density at radius 3 is 2.06 bits per heavy atom. The first-order chi connectivity index (χ1) is 15.8. The molecule has 0 saturated heterocycles. The van der Waals surface area contributed by atoms with Crippen molar-refractivity contribution in [3.05, 3.63) is 115 Å². The predicted molar refractivity (Wildman–Crippen MR) is 126 cm³/mol. The molecule has 4 aromatic carbocycles. The molecule has 0 spiro atoms. The molecule has 4 heteroatoms. The summed E-state index contributed by atoms with van der Waals surface area (Å²) in [5, 5.41) is 1.22. The van der Waals surface area contributed by atoms with Crippen LogP contribution in [0.3, 0.4) is 0 Å². The summed E-state index contributed by atoms with van der Waals surface area (Å²) in [6.45, 7) is -0.145. The van der Waals surface area contributed by atoms with Crippen LogP contribution in [0.15, 0.2) is 115 Å². The molecular weight excluding hydrogens is 398 g/mol. The zero-order valence-corrected chi connectivity index (χ0v) is 17.3. The molecule has 0 N–H and O–H groups in total. The molecule has 0 radical (unpaired) electrons. The molecule has 156 valence electrons. The Labute approximate surface area is 186 Å². The molecular formula is C28H21NO3. The van der Waals surface area contributed by atoms with Gasteiger partial charge in [0.05, 0.1) is 5.52 Å². The monoisotopic (exact) mass is 419 g/mol. The van der Waals surface area contributed by atoms with Crippen molar-refractivity contribution < 1.29 is 14.3 Å². The Hall–Kier alpha value is -4.31. The fourth-order valence-corrected chi connectivity index (χ4v) is 3.66. The number of benzene rings is 4. The van der Waals surface area contributed by atoms with Crippen LogP contribution >= 0.6 is 0 Å². The van der Waals surface area contributed by atoms with E-state index in [0.717, 1.165) is 16.8 Å². The molecule has 5 aromatic rings. The molecule has 32 heavy (non-hydrogen) atoms. The van der Waals surface area contributed by atoms with Gasteiger partial charge >= 0.3 is 5.97 Å². The van der Waals surface area contributed by atoms with Gasteiger partial charge in [0.2, 0.25) is 0 Å². The number of hydrogen-bond acceptors (Lipinski definition) is 3. The third-order valence-electron chi connectivity index (χ3n) is 5.26. The fraction of sp³-hybridized carbons (Fsp3) is 0.0357. The first kappa shape index (κ1) is 19.6. The number of ether oxygens (including phenoxy) is 2. The molecule has 0 bridgehead atoms. The molecule has 0 aliphatic heterocycles. The molecule has 0 aliphatic carbocycles. The highest BCUT2D eigenvalue weighted by molar-refractivity contribution is 5.82. The molecule has 5 rings (SSSR count). The van der Waals surface area contributed by atoms with Crippen LogP contribution in [-0.2, 0) is 4.79 Å². The number of hydrogen-bond donors (Lipinski definition) is 0. The molecule has 0 aliphatic rings. The summed E-state index contributed by atoms with van der Waals surface area (Å²) in [5.74, 6) is 0.690. The Morgan fingerprint density at radius 2 is 1.31 bits per heavy atom. The Balaban J connectivity index is 1.23. The molecule has 1 aromatic heterocycles. The Kier molecular flexibility index (Phi) is 5.41. The largest absolute Gasteiger partial charge is 0.482 e. The highest BCUT2D eigenvalue weighted by Crippen LogP contribution is 2.26. The van der Waals surface area contributed by atoms with Crippen LogP contribution in [0.5, 0.6) is 11.5 Å². The summed E-state index contributed by atoms with van der Waals surface area (Å²) in [7, 11) is 0. The number of carbonyl (C=O) groups excluding carboxylic acids is 1. The van der Waals surface area contributed by atoms with Crippen molar-refractivity contribution in [2.75, 3.05) is 6.61 Å². The van der Waals surface area contributed by atoms with Crippen LogP contribution in [0.4, 0.5) is 0 Å². The summed E-state index contributed by atoms with van der Waals surface area (Å²) in [5.41, 5.74) is 4.49. The lowest BCUT2D eigenvalue weighted by Gasteiger charge is -2.09. The smallest absolute Gasteiger partial charge is 0.349 e. The van der Waals surface area contributed by atoms with E-state index >= 15 is 0 Å². The lowest BCUT2D eigenvalue weighted by atomic mass is 10.1. The van der Waals surface area contributed by atoms with Gasteiger partial charge in [0.15, 0.2) is 6.61 Å². The first-order valence-electron chi connectivity index (χ1n) is 10.4. The number of aromatic nitrogens is 1. The number of rotatable bonds is 6. The van der Waals surface area contributed by atoms with Crippen LogP contribution < -0.4 is 9.47 Å². The third-order valence-corrected chi connectivity index (χ3v) is 5.26. The maximum Gasteiger partial charge on any atom is 0.349 e. The minimum absolute atomic E-state index is 0.145. The highest BCUT2D eigenvalue weighted by atomic mass is 16.6. The molecule has 0 saturated carbocycles. The van der Waals surface area contributed by atoms with E-state index in [0.29, 0.717) is 11.5 Å². The second kappa shape index (κ2) is 8.82. The van der Waals surface area contributed by atoms with E-state index in [9.17, 15) is 4.79 Å². The van der Waals surface area contributed by atoms with Crippen LogP contribution in [0.1, 0.15) is 0 Å². The van der Waals surface area contributed by atoms with Crippen LogP contribution in [0.2, 0.25) is 0 Å². The fourth-order valence-electron chi connectivity index (χ4n) is 3.66. The third kappa shape index (κ3) is 4.25. The van der Waals surface area contributed by atoms with Gasteiger partial charge in [-0.05, 0) is 65.0 Å². The molecule has 0 atom stereocenters. The SMILES string of the molecule is O=C(COc1ccc(-c2ccc(-n3ccc4ccccc43)cc2)cc1)Oc1ccccc1. The van der Waals surface area contributed by atoms with Gasteiger partial charge in [-0.15, -0.1) is 0 Å². The zero-order chi connectivity index (χ0) is 21.8. The van der Waals surface area contributed by atoms with Gasteiger partial charge < -0.3 is 14.0 Å². The quantitative estimate of drug-likeness (QED) is 0.240. The van der Waals surface area contributed by atoms with Crippen LogP contribution in [0, 0.1) is 0 Å². The van der Waals surface area contributed by atoms with E-state index in [-0.39, 0.29) is 6.61 Å². The minimum atomic E-state index is -0.437. The number of esters is 1. The summed E-state index contributed by atoms with van der Waals surface area (Å²) < 4.78 is 13.0. The van der Waals surface area contributed by atoms with Gasteiger partial charge in [-0.25, -0.2) is 4.79 Å². The molecule has 1 heterocycles. The molecule has 4 nitrogen and oxygen atoms in total. The van der Waals surface area contributed by atoms with Crippen LogP contribution in [0.25, 0.3) is 27.7 Å². The second-order valence-corrected chi connectivity index (χ2v) is 7.39. The van der Waals surface area contributed by atoms with Crippen molar-refractivity contribution in [2.45, 2.75) is 0 Å².